The molecule has 7 nitrogen and oxygen atoms in total. The molecule has 0 unspecified atom stereocenters. The van der Waals surface area contributed by atoms with Gasteiger partial charge in [0.1, 0.15) is 19.0 Å². The van der Waals surface area contributed by atoms with E-state index in [1.54, 1.807) is 23.1 Å². The molecular formula is C21H22N2O5. The Labute approximate surface area is 163 Å². The molecule has 0 radical (unpaired) electrons. The van der Waals surface area contributed by atoms with Crippen molar-refractivity contribution in [2.75, 3.05) is 36.6 Å². The Morgan fingerprint density at radius 2 is 1.89 bits per heavy atom. The molecule has 2 amide bonds. The normalized spacial score (nSPS) is 18.1. The van der Waals surface area contributed by atoms with Crippen molar-refractivity contribution in [1.82, 2.24) is 0 Å². The van der Waals surface area contributed by atoms with E-state index >= 15 is 0 Å². The van der Waals surface area contributed by atoms with Gasteiger partial charge in [0.05, 0.1) is 12.5 Å². The van der Waals surface area contributed by atoms with Crippen LogP contribution in [0.15, 0.2) is 42.5 Å². The number of nitrogens with one attached hydrogen (secondary N) is 1. The van der Waals surface area contributed by atoms with Gasteiger partial charge in [-0.05, 0) is 43.3 Å². The number of anilines is 2. The van der Waals surface area contributed by atoms with E-state index in [0.717, 1.165) is 11.4 Å². The van der Waals surface area contributed by atoms with Crippen molar-refractivity contribution >= 4 is 23.2 Å². The fourth-order valence-corrected chi connectivity index (χ4v) is 3.39. The number of ether oxygens (including phenoxy) is 3. The predicted octanol–water partition coefficient (Wildman–Crippen LogP) is 2.85. The molecule has 28 heavy (non-hydrogen) atoms. The maximum atomic E-state index is 12.7. The highest BCUT2D eigenvalue weighted by Crippen LogP contribution is 2.33. The molecule has 2 aromatic rings. The van der Waals surface area contributed by atoms with Gasteiger partial charge < -0.3 is 24.4 Å². The van der Waals surface area contributed by atoms with Gasteiger partial charge in [-0.1, -0.05) is 0 Å². The summed E-state index contributed by atoms with van der Waals surface area (Å²) in [6.45, 7) is 3.86. The van der Waals surface area contributed by atoms with Crippen LogP contribution in [-0.4, -0.2) is 38.2 Å². The van der Waals surface area contributed by atoms with E-state index < -0.39 is 5.92 Å². The van der Waals surface area contributed by atoms with Crippen LogP contribution in [0.5, 0.6) is 17.2 Å². The number of amides is 2. The molecular weight excluding hydrogens is 360 g/mol. The molecule has 2 heterocycles. The number of fused-ring (bicyclic) bond motifs is 1. The quantitative estimate of drug-likeness (QED) is 0.861. The summed E-state index contributed by atoms with van der Waals surface area (Å²) in [6.07, 6.45) is 0.184. The number of benzene rings is 2. The van der Waals surface area contributed by atoms with Crippen molar-refractivity contribution in [3.63, 3.8) is 0 Å². The molecule has 2 aromatic carbocycles. The van der Waals surface area contributed by atoms with Crippen LogP contribution >= 0.6 is 0 Å². The molecule has 0 spiro atoms. The van der Waals surface area contributed by atoms with E-state index in [1.807, 2.05) is 31.2 Å². The fraction of sp³-hybridized carbons (Fsp3) is 0.333. The van der Waals surface area contributed by atoms with E-state index in [-0.39, 0.29) is 18.2 Å². The molecule has 1 atom stereocenters. The minimum atomic E-state index is -0.410. The van der Waals surface area contributed by atoms with Crippen LogP contribution in [0.2, 0.25) is 0 Å². The highest BCUT2D eigenvalue weighted by molar-refractivity contribution is 6.03. The van der Waals surface area contributed by atoms with Crippen molar-refractivity contribution in [1.29, 1.82) is 0 Å². The maximum Gasteiger partial charge on any atom is 0.229 e. The number of hydrogen-bond donors (Lipinski definition) is 1. The van der Waals surface area contributed by atoms with Gasteiger partial charge in [0.15, 0.2) is 11.5 Å². The van der Waals surface area contributed by atoms with Gasteiger partial charge in [0, 0.05) is 30.4 Å². The molecule has 0 bridgehead atoms. The third kappa shape index (κ3) is 3.74. The summed E-state index contributed by atoms with van der Waals surface area (Å²) in [5, 5.41) is 2.88. The second-order valence-electron chi connectivity index (χ2n) is 6.68. The molecule has 1 fully saturated rings. The van der Waals surface area contributed by atoms with Gasteiger partial charge in [0.2, 0.25) is 11.8 Å². The molecule has 146 valence electrons. The lowest BCUT2D eigenvalue weighted by molar-refractivity contribution is -0.122. The van der Waals surface area contributed by atoms with Crippen LogP contribution in [-0.2, 0) is 9.59 Å². The molecule has 1 N–H and O–H groups in total. The lowest BCUT2D eigenvalue weighted by atomic mass is 10.1. The maximum absolute atomic E-state index is 12.7. The summed E-state index contributed by atoms with van der Waals surface area (Å²) < 4.78 is 16.5. The Kier molecular flexibility index (Phi) is 5.06. The lowest BCUT2D eigenvalue weighted by Gasteiger charge is -2.19. The topological polar surface area (TPSA) is 77.1 Å². The zero-order valence-corrected chi connectivity index (χ0v) is 15.6. The largest absolute Gasteiger partial charge is 0.494 e. The summed E-state index contributed by atoms with van der Waals surface area (Å²) in [5.41, 5.74) is 1.39. The Hall–Kier alpha value is -3.22. The van der Waals surface area contributed by atoms with Gasteiger partial charge >= 0.3 is 0 Å². The standard InChI is InChI=1S/C21H22N2O5/c1-2-26-17-6-4-16(5-7-17)23-13-14(11-20(23)24)21(25)22-15-3-8-18-19(12-15)28-10-9-27-18/h3-8,12,14H,2,9-11,13H2,1H3,(H,22,25)/t14-/m0/s1. The van der Waals surface area contributed by atoms with Crippen molar-refractivity contribution in [2.24, 2.45) is 5.92 Å². The Morgan fingerprint density at radius 1 is 1.14 bits per heavy atom. The minimum absolute atomic E-state index is 0.0634. The van der Waals surface area contributed by atoms with E-state index in [1.165, 1.54) is 0 Å². The number of carbonyl (C=O) groups excluding carboxylic acids is 2. The zero-order valence-electron chi connectivity index (χ0n) is 15.6. The minimum Gasteiger partial charge on any atom is -0.494 e. The average Bonchev–Trinajstić information content (AvgIpc) is 3.11. The number of carbonyl (C=O) groups is 2. The van der Waals surface area contributed by atoms with Gasteiger partial charge in [-0.15, -0.1) is 0 Å². The SMILES string of the molecule is CCOc1ccc(N2C[C@@H](C(=O)Nc3ccc4c(c3)OCCO4)CC2=O)cc1. The zero-order chi connectivity index (χ0) is 19.5. The Balaban J connectivity index is 1.41. The number of rotatable bonds is 5. The van der Waals surface area contributed by atoms with Crippen LogP contribution in [0.25, 0.3) is 0 Å². The third-order valence-corrected chi connectivity index (χ3v) is 4.76. The first-order valence-corrected chi connectivity index (χ1v) is 9.38. The van der Waals surface area contributed by atoms with E-state index in [9.17, 15) is 9.59 Å². The van der Waals surface area contributed by atoms with Crippen LogP contribution in [0.3, 0.4) is 0 Å². The lowest BCUT2D eigenvalue weighted by Crippen LogP contribution is -2.28. The summed E-state index contributed by atoms with van der Waals surface area (Å²) in [5.74, 6) is 1.38. The van der Waals surface area contributed by atoms with Gasteiger partial charge in [-0.2, -0.15) is 0 Å². The highest BCUT2D eigenvalue weighted by atomic mass is 16.6. The Bertz CT molecular complexity index is 881. The van der Waals surface area contributed by atoms with Crippen molar-refractivity contribution in [3.05, 3.63) is 42.5 Å². The van der Waals surface area contributed by atoms with E-state index in [2.05, 4.69) is 5.32 Å². The summed E-state index contributed by atoms with van der Waals surface area (Å²) in [4.78, 5) is 26.7. The average molecular weight is 382 g/mol. The predicted molar refractivity (Wildman–Crippen MR) is 104 cm³/mol. The molecule has 0 saturated carbocycles. The first-order chi connectivity index (χ1) is 13.6. The van der Waals surface area contributed by atoms with Gasteiger partial charge in [-0.3, -0.25) is 9.59 Å². The Morgan fingerprint density at radius 3 is 2.64 bits per heavy atom. The fourth-order valence-electron chi connectivity index (χ4n) is 3.39. The molecule has 0 aromatic heterocycles. The smallest absolute Gasteiger partial charge is 0.229 e. The van der Waals surface area contributed by atoms with E-state index in [4.69, 9.17) is 14.2 Å². The van der Waals surface area contributed by atoms with Crippen LogP contribution < -0.4 is 24.4 Å². The molecule has 2 aliphatic heterocycles. The molecule has 1 saturated heterocycles. The van der Waals surface area contributed by atoms with Crippen LogP contribution in [0.1, 0.15) is 13.3 Å². The number of hydrogen-bond acceptors (Lipinski definition) is 5. The second-order valence-corrected chi connectivity index (χ2v) is 6.68. The third-order valence-electron chi connectivity index (χ3n) is 4.76. The second kappa shape index (κ2) is 7.80. The highest BCUT2D eigenvalue weighted by Gasteiger charge is 2.35. The van der Waals surface area contributed by atoms with Crippen LogP contribution in [0.4, 0.5) is 11.4 Å². The first kappa shape index (κ1) is 18.2. The first-order valence-electron chi connectivity index (χ1n) is 9.38. The van der Waals surface area contributed by atoms with Crippen molar-refractivity contribution in [2.45, 2.75) is 13.3 Å². The van der Waals surface area contributed by atoms with Crippen molar-refractivity contribution < 1.29 is 23.8 Å². The van der Waals surface area contributed by atoms with Gasteiger partial charge in [-0.25, -0.2) is 0 Å². The summed E-state index contributed by atoms with van der Waals surface area (Å²) in [6, 6.07) is 12.6. The van der Waals surface area contributed by atoms with E-state index in [0.29, 0.717) is 43.6 Å². The number of nitrogens with zero attached hydrogens (tertiary/aromatic N) is 1. The molecule has 7 heteroatoms. The van der Waals surface area contributed by atoms with Crippen LogP contribution in [0, 0.1) is 5.92 Å². The molecule has 0 aliphatic carbocycles. The molecule has 4 rings (SSSR count). The summed E-state index contributed by atoms with van der Waals surface area (Å²) >= 11 is 0. The van der Waals surface area contributed by atoms with Crippen molar-refractivity contribution in [3.8, 4) is 17.2 Å². The summed E-state index contributed by atoms with van der Waals surface area (Å²) in [7, 11) is 0. The van der Waals surface area contributed by atoms with Gasteiger partial charge in [0.25, 0.3) is 0 Å². The molecule has 2 aliphatic rings. The monoisotopic (exact) mass is 382 g/mol.